The molecular formula is C15H23N5O14P3S2-. The normalized spacial score (nSPS) is 23.1. The quantitative estimate of drug-likeness (QED) is 0.108. The van der Waals surface area contributed by atoms with Crippen LogP contribution in [0, 0.1) is 0 Å². The van der Waals surface area contributed by atoms with Gasteiger partial charge in [0.1, 0.15) is 12.3 Å². The van der Waals surface area contributed by atoms with Crippen molar-refractivity contribution in [2.24, 2.45) is 0 Å². The Bertz CT molecular complexity index is 1410. The predicted molar refractivity (Wildman–Crippen MR) is 134 cm³/mol. The summed E-state index contributed by atoms with van der Waals surface area (Å²) in [7, 11) is -14.0. The second-order valence-corrected chi connectivity index (χ2v) is 14.8. The fraction of sp³-hybridized carbons (Fsp3) is 0.600. The van der Waals surface area contributed by atoms with Gasteiger partial charge in [0.15, 0.2) is 11.2 Å². The van der Waals surface area contributed by atoms with Gasteiger partial charge in [-0.05, 0) is 12.7 Å². The van der Waals surface area contributed by atoms with Crippen molar-refractivity contribution < 1.29 is 61.1 Å². The molecular weight excluding hydrogens is 631 g/mol. The Morgan fingerprint density at radius 1 is 1.31 bits per heavy atom. The topological polar surface area (TPSA) is 288 Å². The number of carbonyl (C=O) groups excluding carboxylic acids is 1. The average molecular weight is 654 g/mol. The van der Waals surface area contributed by atoms with E-state index in [1.165, 1.54) is 4.57 Å². The Morgan fingerprint density at radius 2 is 2.00 bits per heavy atom. The van der Waals surface area contributed by atoms with E-state index in [1.54, 1.807) is 21.6 Å². The van der Waals surface area contributed by atoms with E-state index in [4.69, 9.17) is 25.2 Å². The van der Waals surface area contributed by atoms with Crippen LogP contribution in [0.2, 0.25) is 0 Å². The van der Waals surface area contributed by atoms with E-state index in [-0.39, 0.29) is 24.0 Å². The maximum atomic E-state index is 12.9. The number of aromatic nitrogens is 4. The molecule has 5 atom stereocenters. The minimum absolute atomic E-state index is 0.0512. The Hall–Kier alpha value is -1.15. The number of nitrogen functional groups attached to an aromatic ring is 1. The summed E-state index contributed by atoms with van der Waals surface area (Å²) in [6.45, 7) is -0.952. The molecule has 0 aromatic carbocycles. The molecule has 3 unspecified atom stereocenters. The summed E-state index contributed by atoms with van der Waals surface area (Å²) < 4.78 is 52.9. The Balaban J connectivity index is 1.71. The summed E-state index contributed by atoms with van der Waals surface area (Å²) >= 11 is 0. The van der Waals surface area contributed by atoms with Gasteiger partial charge in [0.2, 0.25) is 11.9 Å². The SMILES string of the molecule is CSSCCCC(=O)n1c(N)nc2c(ncn2[C@H]2CC(O)[C@@H](COP(=O)([O-])OP(=O)(O)OP(=O)(O)O)O2)c1=O. The summed E-state index contributed by atoms with van der Waals surface area (Å²) in [5.41, 5.74) is 4.77. The molecule has 0 spiro atoms. The zero-order valence-corrected chi connectivity index (χ0v) is 24.1. The first kappa shape index (κ1) is 32.4. The Kier molecular flexibility index (Phi) is 10.6. The van der Waals surface area contributed by atoms with Gasteiger partial charge in [-0.3, -0.25) is 18.7 Å². The number of nitrogens with zero attached hydrogens (tertiary/aromatic N) is 4. The fourth-order valence-electron chi connectivity index (χ4n) is 3.41. The van der Waals surface area contributed by atoms with Crippen LogP contribution < -0.4 is 16.2 Å². The highest BCUT2D eigenvalue weighted by molar-refractivity contribution is 8.76. The smallest absolute Gasteiger partial charge is 0.487 e. The lowest BCUT2D eigenvalue weighted by Crippen LogP contribution is -2.30. The van der Waals surface area contributed by atoms with Crippen LogP contribution in [0.1, 0.15) is 30.3 Å². The third-order valence-corrected chi connectivity index (χ3v) is 10.6. The third-order valence-electron chi connectivity index (χ3n) is 4.93. The minimum atomic E-state index is -5.78. The number of anilines is 1. The number of phosphoric acid groups is 3. The van der Waals surface area contributed by atoms with Crippen molar-refractivity contribution in [3.05, 3.63) is 16.7 Å². The largest absolute Gasteiger partial charge is 0.756 e. The van der Waals surface area contributed by atoms with Crippen molar-refractivity contribution in [3.8, 4) is 0 Å². The van der Waals surface area contributed by atoms with Gasteiger partial charge in [0, 0.05) is 18.6 Å². The van der Waals surface area contributed by atoms with Crippen LogP contribution in [0.3, 0.4) is 0 Å². The number of fused-ring (bicyclic) bond motifs is 1. The highest BCUT2D eigenvalue weighted by Gasteiger charge is 2.40. The number of rotatable bonds is 13. The van der Waals surface area contributed by atoms with Crippen molar-refractivity contribution in [2.45, 2.75) is 37.7 Å². The molecule has 1 aliphatic rings. The molecule has 220 valence electrons. The number of imidazole rings is 1. The third kappa shape index (κ3) is 8.67. The standard InChI is InChI=1S/C15H24N5O14P3S2/c1-38-39-4-2-3-10(22)20-14(23)12-13(18-15(20)16)19(7-17-12)11-5-8(21)9(32-11)6-31-36(27,28)34-37(29,30)33-35(24,25)26/h7-9,11,21H,2-6H2,1H3,(H2,16,18)(H,27,28)(H,29,30)(H2,24,25,26)/p-1/t8?,9-,11-/m1/s1. The van der Waals surface area contributed by atoms with Crippen LogP contribution in [0.25, 0.3) is 11.2 Å². The number of nitrogens with two attached hydrogens (primary N) is 1. The molecule has 0 bridgehead atoms. The number of aliphatic hydroxyl groups excluding tert-OH is 1. The number of carbonyl (C=O) groups is 1. The maximum Gasteiger partial charge on any atom is 0.487 e. The van der Waals surface area contributed by atoms with E-state index in [9.17, 15) is 33.3 Å². The molecule has 6 N–H and O–H groups in total. The Labute approximate surface area is 226 Å². The zero-order valence-electron chi connectivity index (χ0n) is 19.7. The first-order chi connectivity index (χ1) is 18.0. The molecule has 3 rings (SSSR count). The van der Waals surface area contributed by atoms with E-state index >= 15 is 0 Å². The number of phosphoric ester groups is 1. The highest BCUT2D eigenvalue weighted by Crippen LogP contribution is 2.65. The van der Waals surface area contributed by atoms with E-state index < -0.39 is 65.9 Å². The van der Waals surface area contributed by atoms with Crippen LogP contribution >= 0.6 is 45.1 Å². The first-order valence-corrected chi connectivity index (χ1v) is 17.8. The number of hydrogen-bond acceptors (Lipinski definition) is 16. The summed E-state index contributed by atoms with van der Waals surface area (Å²) in [6.07, 6.45) is -0.369. The lowest BCUT2D eigenvalue weighted by Gasteiger charge is -2.26. The van der Waals surface area contributed by atoms with Crippen LogP contribution in [-0.4, -0.2) is 75.6 Å². The van der Waals surface area contributed by atoms with Gasteiger partial charge < -0.3 is 39.7 Å². The van der Waals surface area contributed by atoms with Gasteiger partial charge in [-0.15, -0.1) is 0 Å². The maximum absolute atomic E-state index is 12.9. The monoisotopic (exact) mass is 654 g/mol. The van der Waals surface area contributed by atoms with Crippen molar-refractivity contribution in [1.82, 2.24) is 19.1 Å². The molecule has 2 aromatic heterocycles. The van der Waals surface area contributed by atoms with Crippen LogP contribution in [-0.2, 0) is 31.6 Å². The molecule has 1 aliphatic heterocycles. The van der Waals surface area contributed by atoms with E-state index in [0.29, 0.717) is 16.7 Å². The molecule has 19 nitrogen and oxygen atoms in total. The van der Waals surface area contributed by atoms with Crippen LogP contribution in [0.4, 0.5) is 5.95 Å². The molecule has 3 heterocycles. The summed E-state index contributed by atoms with van der Waals surface area (Å²) in [6, 6.07) is 0. The molecule has 0 saturated carbocycles. The number of hydrogen-bond donors (Lipinski definition) is 5. The second kappa shape index (κ2) is 12.8. The highest BCUT2D eigenvalue weighted by atomic mass is 33.1. The second-order valence-electron chi connectivity index (χ2n) is 7.72. The lowest BCUT2D eigenvalue weighted by atomic mass is 10.2. The number of ether oxygens (including phenoxy) is 1. The van der Waals surface area contributed by atoms with Crippen molar-refractivity contribution in [3.63, 3.8) is 0 Å². The van der Waals surface area contributed by atoms with Crippen LogP contribution in [0.15, 0.2) is 11.1 Å². The van der Waals surface area contributed by atoms with Gasteiger partial charge in [-0.2, -0.15) is 9.29 Å². The van der Waals surface area contributed by atoms with Gasteiger partial charge in [0.05, 0.1) is 19.0 Å². The van der Waals surface area contributed by atoms with Gasteiger partial charge in [-0.25, -0.2) is 23.0 Å². The lowest BCUT2D eigenvalue weighted by molar-refractivity contribution is -0.221. The van der Waals surface area contributed by atoms with Crippen LogP contribution in [0.5, 0.6) is 0 Å². The van der Waals surface area contributed by atoms with E-state index in [2.05, 4.69) is 23.1 Å². The van der Waals surface area contributed by atoms with E-state index in [0.717, 1.165) is 6.33 Å². The van der Waals surface area contributed by atoms with Gasteiger partial charge in [-0.1, -0.05) is 21.6 Å². The molecule has 1 saturated heterocycles. The summed E-state index contributed by atoms with van der Waals surface area (Å²) in [5.74, 6) is -0.270. The van der Waals surface area contributed by atoms with Crippen molar-refractivity contribution in [2.75, 3.05) is 24.3 Å². The molecule has 1 fully saturated rings. The van der Waals surface area contributed by atoms with Gasteiger partial charge in [0.25, 0.3) is 13.4 Å². The zero-order chi connectivity index (χ0) is 29.2. The van der Waals surface area contributed by atoms with E-state index in [1.807, 2.05) is 6.26 Å². The Morgan fingerprint density at radius 3 is 2.64 bits per heavy atom. The fourth-order valence-corrected chi connectivity index (χ4v) is 7.69. The summed E-state index contributed by atoms with van der Waals surface area (Å²) in [5, 5.41) is 10.3. The van der Waals surface area contributed by atoms with Crippen molar-refractivity contribution >= 4 is 68.1 Å². The minimum Gasteiger partial charge on any atom is -0.756 e. The van der Waals surface area contributed by atoms with Crippen molar-refractivity contribution in [1.29, 1.82) is 0 Å². The van der Waals surface area contributed by atoms with Gasteiger partial charge >= 0.3 is 15.6 Å². The molecule has 0 aliphatic carbocycles. The molecule has 39 heavy (non-hydrogen) atoms. The molecule has 0 amide bonds. The predicted octanol–water partition coefficient (Wildman–Crippen LogP) is -0.0335. The first-order valence-electron chi connectivity index (χ1n) is 10.6. The average Bonchev–Trinajstić information content (AvgIpc) is 3.36. The number of aliphatic hydroxyl groups is 1. The summed E-state index contributed by atoms with van der Waals surface area (Å²) in [4.78, 5) is 71.5. The molecule has 0 radical (unpaired) electrons. The molecule has 2 aromatic rings. The molecule has 24 heteroatoms.